The van der Waals surface area contributed by atoms with E-state index in [1.807, 2.05) is 14.1 Å². The van der Waals surface area contributed by atoms with Crippen LogP contribution < -0.4 is 4.90 Å². The number of rotatable bonds is 1. The van der Waals surface area contributed by atoms with E-state index in [1.54, 1.807) is 4.90 Å². The minimum atomic E-state index is 0.454. The van der Waals surface area contributed by atoms with Gasteiger partial charge in [-0.1, -0.05) is 0 Å². The first kappa shape index (κ1) is 7.48. The number of hydrogen-bond donors (Lipinski definition) is 0. The molecule has 1 aromatic heterocycles. The molecule has 0 saturated heterocycles. The van der Waals surface area contributed by atoms with E-state index in [1.165, 1.54) is 6.20 Å². The predicted octanol–water partition coefficient (Wildman–Crippen LogP) is -0.0811. The van der Waals surface area contributed by atoms with Gasteiger partial charge in [0.15, 0.2) is 5.69 Å². The lowest BCUT2D eigenvalue weighted by Gasteiger charge is -2.06. The van der Waals surface area contributed by atoms with Crippen LogP contribution in [0.1, 0.15) is 5.69 Å². The SMILES string of the molecule is C#Cc1cnc(N(C)C)nn1. The molecule has 4 nitrogen and oxygen atoms in total. The molecule has 56 valence electrons. The van der Waals surface area contributed by atoms with Crippen molar-refractivity contribution in [3.8, 4) is 12.3 Å². The monoisotopic (exact) mass is 148 g/mol. The highest BCUT2D eigenvalue weighted by molar-refractivity contribution is 5.27. The van der Waals surface area contributed by atoms with Gasteiger partial charge < -0.3 is 4.90 Å². The summed E-state index contributed by atoms with van der Waals surface area (Å²) in [4.78, 5) is 5.72. The molecule has 0 atom stereocenters. The van der Waals surface area contributed by atoms with Crippen molar-refractivity contribution >= 4 is 5.95 Å². The van der Waals surface area contributed by atoms with Crippen molar-refractivity contribution in [2.24, 2.45) is 0 Å². The Kier molecular flexibility index (Phi) is 2.02. The molecule has 1 rings (SSSR count). The molecule has 0 amide bonds. The van der Waals surface area contributed by atoms with Crippen LogP contribution in [0.25, 0.3) is 0 Å². The Morgan fingerprint density at radius 2 is 2.18 bits per heavy atom. The van der Waals surface area contributed by atoms with E-state index in [9.17, 15) is 0 Å². The molecule has 1 aromatic rings. The lowest BCUT2D eigenvalue weighted by Crippen LogP contribution is -2.13. The van der Waals surface area contributed by atoms with Gasteiger partial charge >= 0.3 is 0 Å². The first-order valence-electron chi connectivity index (χ1n) is 3.07. The van der Waals surface area contributed by atoms with Crippen LogP contribution in [0.15, 0.2) is 6.20 Å². The van der Waals surface area contributed by atoms with E-state index in [0.717, 1.165) is 0 Å². The zero-order chi connectivity index (χ0) is 8.27. The summed E-state index contributed by atoms with van der Waals surface area (Å²) < 4.78 is 0. The van der Waals surface area contributed by atoms with E-state index in [2.05, 4.69) is 21.1 Å². The molecule has 0 N–H and O–H groups in total. The van der Waals surface area contributed by atoms with Gasteiger partial charge in [-0.2, -0.15) is 0 Å². The Morgan fingerprint density at radius 1 is 1.45 bits per heavy atom. The van der Waals surface area contributed by atoms with E-state index in [4.69, 9.17) is 6.42 Å². The fourth-order valence-corrected chi connectivity index (χ4v) is 0.540. The molecule has 0 saturated carbocycles. The van der Waals surface area contributed by atoms with Gasteiger partial charge in [0, 0.05) is 14.1 Å². The summed E-state index contributed by atoms with van der Waals surface area (Å²) in [7, 11) is 3.68. The molecule has 0 aromatic carbocycles. The maximum Gasteiger partial charge on any atom is 0.244 e. The second-order valence-electron chi connectivity index (χ2n) is 2.18. The van der Waals surface area contributed by atoms with Crippen LogP contribution in [-0.4, -0.2) is 29.3 Å². The molecule has 0 spiro atoms. The lowest BCUT2D eigenvalue weighted by atomic mass is 10.5. The van der Waals surface area contributed by atoms with Gasteiger partial charge in [0.1, 0.15) is 0 Å². The highest BCUT2D eigenvalue weighted by Crippen LogP contribution is 1.97. The average molecular weight is 148 g/mol. The quantitative estimate of drug-likeness (QED) is 0.522. The van der Waals surface area contributed by atoms with Gasteiger partial charge in [-0.15, -0.1) is 16.6 Å². The number of terminal acetylenes is 1. The normalized spacial score (nSPS) is 8.82. The standard InChI is InChI=1S/C7H8N4/c1-4-6-5-8-7(10-9-6)11(2)3/h1,5H,2-3H3. The third-order valence-electron chi connectivity index (χ3n) is 1.10. The maximum atomic E-state index is 5.07. The van der Waals surface area contributed by atoms with Gasteiger partial charge in [-0.05, 0) is 5.92 Å². The van der Waals surface area contributed by atoms with Crippen LogP contribution >= 0.6 is 0 Å². The minimum absolute atomic E-state index is 0.454. The number of aromatic nitrogens is 3. The van der Waals surface area contributed by atoms with Crippen LogP contribution in [0.3, 0.4) is 0 Å². The van der Waals surface area contributed by atoms with Gasteiger partial charge in [0.05, 0.1) is 6.20 Å². The molecule has 0 radical (unpaired) electrons. The van der Waals surface area contributed by atoms with Crippen LogP contribution in [0.4, 0.5) is 5.95 Å². The molecular weight excluding hydrogens is 140 g/mol. The Balaban J connectivity index is 2.94. The van der Waals surface area contributed by atoms with Crippen molar-refractivity contribution in [3.05, 3.63) is 11.9 Å². The van der Waals surface area contributed by atoms with Crippen molar-refractivity contribution < 1.29 is 0 Å². The average Bonchev–Trinajstić information content (AvgIpc) is 2.05. The molecule has 0 fully saturated rings. The molecule has 4 heteroatoms. The van der Waals surface area contributed by atoms with Crippen molar-refractivity contribution in [2.45, 2.75) is 0 Å². The predicted molar refractivity (Wildman–Crippen MR) is 42.1 cm³/mol. The molecular formula is C7H8N4. The Bertz CT molecular complexity index is 269. The summed E-state index contributed by atoms with van der Waals surface area (Å²) in [6, 6.07) is 0. The van der Waals surface area contributed by atoms with Crippen LogP contribution in [0.5, 0.6) is 0 Å². The maximum absolute atomic E-state index is 5.07. The van der Waals surface area contributed by atoms with Crippen LogP contribution in [0.2, 0.25) is 0 Å². The van der Waals surface area contributed by atoms with Gasteiger partial charge in [0.25, 0.3) is 0 Å². The molecule has 0 unspecified atom stereocenters. The summed E-state index contributed by atoms with van der Waals surface area (Å²) >= 11 is 0. The van der Waals surface area contributed by atoms with E-state index in [-0.39, 0.29) is 0 Å². The molecule has 1 heterocycles. The minimum Gasteiger partial charge on any atom is -0.346 e. The molecule has 0 aliphatic rings. The Morgan fingerprint density at radius 3 is 2.55 bits per heavy atom. The third-order valence-corrected chi connectivity index (χ3v) is 1.10. The summed E-state index contributed by atoms with van der Waals surface area (Å²) in [6.45, 7) is 0. The zero-order valence-electron chi connectivity index (χ0n) is 6.44. The fourth-order valence-electron chi connectivity index (χ4n) is 0.540. The Labute approximate surface area is 65.3 Å². The molecule has 11 heavy (non-hydrogen) atoms. The smallest absolute Gasteiger partial charge is 0.244 e. The summed E-state index contributed by atoms with van der Waals surface area (Å²) in [5.74, 6) is 2.90. The molecule has 0 aliphatic carbocycles. The highest BCUT2D eigenvalue weighted by Gasteiger charge is 1.97. The first-order valence-corrected chi connectivity index (χ1v) is 3.07. The summed E-state index contributed by atoms with van der Waals surface area (Å²) in [5.41, 5.74) is 0.454. The lowest BCUT2D eigenvalue weighted by molar-refractivity contribution is 0.897. The first-order chi connectivity index (χ1) is 5.24. The van der Waals surface area contributed by atoms with Gasteiger partial charge in [0.2, 0.25) is 5.95 Å². The van der Waals surface area contributed by atoms with Crippen molar-refractivity contribution in [1.82, 2.24) is 15.2 Å². The molecule has 0 bridgehead atoms. The topological polar surface area (TPSA) is 41.9 Å². The van der Waals surface area contributed by atoms with Gasteiger partial charge in [-0.25, -0.2) is 4.98 Å². The number of nitrogens with zero attached hydrogens (tertiary/aromatic N) is 4. The van der Waals surface area contributed by atoms with E-state index in [0.29, 0.717) is 11.6 Å². The summed E-state index contributed by atoms with van der Waals surface area (Å²) in [5, 5.41) is 7.50. The fraction of sp³-hybridized carbons (Fsp3) is 0.286. The van der Waals surface area contributed by atoms with Crippen molar-refractivity contribution in [2.75, 3.05) is 19.0 Å². The Hall–Kier alpha value is -1.63. The third kappa shape index (κ3) is 1.64. The highest BCUT2D eigenvalue weighted by atomic mass is 15.3. The second-order valence-corrected chi connectivity index (χ2v) is 2.18. The summed E-state index contributed by atoms with van der Waals surface area (Å²) in [6.07, 6.45) is 6.59. The van der Waals surface area contributed by atoms with E-state index >= 15 is 0 Å². The van der Waals surface area contributed by atoms with Gasteiger partial charge in [-0.3, -0.25) is 0 Å². The largest absolute Gasteiger partial charge is 0.346 e. The zero-order valence-corrected chi connectivity index (χ0v) is 6.44. The van der Waals surface area contributed by atoms with Crippen molar-refractivity contribution in [3.63, 3.8) is 0 Å². The number of anilines is 1. The molecule has 0 aliphatic heterocycles. The van der Waals surface area contributed by atoms with Crippen molar-refractivity contribution in [1.29, 1.82) is 0 Å². The van der Waals surface area contributed by atoms with Crippen LogP contribution in [-0.2, 0) is 0 Å². The van der Waals surface area contributed by atoms with E-state index < -0.39 is 0 Å². The number of hydrogen-bond acceptors (Lipinski definition) is 4. The second kappa shape index (κ2) is 2.97. The van der Waals surface area contributed by atoms with Crippen LogP contribution in [0, 0.1) is 12.3 Å².